The van der Waals surface area contributed by atoms with Crippen LogP contribution in [0.15, 0.2) is 77.7 Å². The van der Waals surface area contributed by atoms with Gasteiger partial charge in [-0.15, -0.1) is 0 Å². The first-order valence-electron chi connectivity index (χ1n) is 11.7. The summed E-state index contributed by atoms with van der Waals surface area (Å²) in [6.45, 7) is 1.07. The molecule has 0 fully saturated rings. The minimum atomic E-state index is -4.03. The molecule has 200 valence electrons. The molecule has 1 atom stereocenters. The highest BCUT2D eigenvalue weighted by molar-refractivity contribution is 7.90. The fourth-order valence-corrected chi connectivity index (χ4v) is 5.25. The van der Waals surface area contributed by atoms with E-state index in [4.69, 9.17) is 0 Å². The fourth-order valence-electron chi connectivity index (χ4n) is 3.73. The first-order valence-corrected chi connectivity index (χ1v) is 13.8. The van der Waals surface area contributed by atoms with Gasteiger partial charge in [-0.05, 0) is 35.2 Å². The average molecular weight is 558 g/mol. The molecule has 0 heterocycles. The van der Waals surface area contributed by atoms with Crippen LogP contribution in [-0.4, -0.2) is 38.4 Å². The van der Waals surface area contributed by atoms with Gasteiger partial charge in [-0.25, -0.2) is 17.5 Å². The average Bonchev–Trinajstić information content (AvgIpc) is 2.89. The number of halogens is 1. The molecular weight excluding hydrogens is 529 g/mol. The molecule has 0 bridgehead atoms. The van der Waals surface area contributed by atoms with Gasteiger partial charge in [-0.2, -0.15) is 12.6 Å². The molecule has 0 radical (unpaired) electrons. The van der Waals surface area contributed by atoms with E-state index in [1.54, 1.807) is 60.7 Å². The van der Waals surface area contributed by atoms with Crippen molar-refractivity contribution in [3.05, 3.63) is 89.7 Å². The SMILES string of the molecule is CC(=O)NS(=O)(=O)c1ccccc1-c1ccc(CNC(=O)CNC(=O)[C@@H](CS)Cc2ccccc2F)cc1. The van der Waals surface area contributed by atoms with Crippen molar-refractivity contribution in [1.29, 1.82) is 0 Å². The van der Waals surface area contributed by atoms with Crippen LogP contribution in [0.2, 0.25) is 0 Å². The van der Waals surface area contributed by atoms with Crippen molar-refractivity contribution >= 4 is 40.4 Å². The zero-order chi connectivity index (χ0) is 27.7. The van der Waals surface area contributed by atoms with Crippen molar-refractivity contribution < 1.29 is 27.2 Å². The van der Waals surface area contributed by atoms with Gasteiger partial charge in [0.15, 0.2) is 0 Å². The Bertz CT molecular complexity index is 1410. The van der Waals surface area contributed by atoms with Crippen LogP contribution in [0.1, 0.15) is 18.1 Å². The Kier molecular flexibility index (Phi) is 10.0. The molecule has 38 heavy (non-hydrogen) atoms. The van der Waals surface area contributed by atoms with Gasteiger partial charge in [0.2, 0.25) is 17.7 Å². The minimum Gasteiger partial charge on any atom is -0.350 e. The van der Waals surface area contributed by atoms with Gasteiger partial charge in [-0.3, -0.25) is 14.4 Å². The lowest BCUT2D eigenvalue weighted by Gasteiger charge is -2.15. The monoisotopic (exact) mass is 557 g/mol. The highest BCUT2D eigenvalue weighted by Gasteiger charge is 2.21. The number of hydrogen-bond donors (Lipinski definition) is 4. The highest BCUT2D eigenvalue weighted by Crippen LogP contribution is 2.27. The van der Waals surface area contributed by atoms with Crippen molar-refractivity contribution in [3.8, 4) is 11.1 Å². The van der Waals surface area contributed by atoms with Gasteiger partial charge in [0.05, 0.1) is 17.4 Å². The second-order valence-corrected chi connectivity index (χ2v) is 10.5. The smallest absolute Gasteiger partial charge is 0.264 e. The van der Waals surface area contributed by atoms with E-state index < -0.39 is 39.5 Å². The highest BCUT2D eigenvalue weighted by atomic mass is 32.2. The predicted octanol–water partition coefficient (Wildman–Crippen LogP) is 2.84. The first-order chi connectivity index (χ1) is 18.1. The normalized spacial score (nSPS) is 11.9. The Balaban J connectivity index is 1.55. The Hall–Kier alpha value is -3.70. The molecule has 3 aromatic carbocycles. The van der Waals surface area contributed by atoms with Crippen LogP contribution in [0, 0.1) is 11.7 Å². The standard InChI is InChI=1S/C27H28FN3O5S2/c1-18(32)31-38(35,36)25-9-5-3-7-23(25)20-12-10-19(11-13-20)15-29-26(33)16-30-27(34)22(17-37)14-21-6-2-4-8-24(21)28/h2-13,22,37H,14-17H2,1H3,(H,29,33)(H,30,34)(H,31,32)/t22-/m1/s1. The predicted molar refractivity (Wildman–Crippen MR) is 145 cm³/mol. The minimum absolute atomic E-state index is 0.0264. The number of rotatable bonds is 11. The number of amides is 3. The van der Waals surface area contributed by atoms with Gasteiger partial charge < -0.3 is 10.6 Å². The lowest BCUT2D eigenvalue weighted by Crippen LogP contribution is -2.40. The summed E-state index contributed by atoms with van der Waals surface area (Å²) in [5.74, 6) is -2.27. The van der Waals surface area contributed by atoms with E-state index in [9.17, 15) is 27.2 Å². The first kappa shape index (κ1) is 28.9. The Labute approximate surface area is 226 Å². The topological polar surface area (TPSA) is 121 Å². The summed E-state index contributed by atoms with van der Waals surface area (Å²) in [7, 11) is -4.03. The Morgan fingerprint density at radius 2 is 1.58 bits per heavy atom. The molecular formula is C27H28FN3O5S2. The largest absolute Gasteiger partial charge is 0.350 e. The molecule has 3 amide bonds. The molecule has 3 aromatic rings. The molecule has 0 aliphatic carbocycles. The maximum absolute atomic E-state index is 13.9. The van der Waals surface area contributed by atoms with Crippen LogP contribution >= 0.6 is 12.6 Å². The Morgan fingerprint density at radius 3 is 2.24 bits per heavy atom. The van der Waals surface area contributed by atoms with E-state index in [1.807, 2.05) is 4.72 Å². The zero-order valence-electron chi connectivity index (χ0n) is 20.6. The molecule has 11 heteroatoms. The number of benzene rings is 3. The van der Waals surface area contributed by atoms with E-state index >= 15 is 0 Å². The molecule has 3 N–H and O–H groups in total. The van der Waals surface area contributed by atoms with Crippen molar-refractivity contribution in [3.63, 3.8) is 0 Å². The van der Waals surface area contributed by atoms with Crippen LogP contribution in [0.4, 0.5) is 4.39 Å². The van der Waals surface area contributed by atoms with E-state index in [2.05, 4.69) is 23.3 Å². The maximum atomic E-state index is 13.9. The number of nitrogens with one attached hydrogen (secondary N) is 3. The molecule has 0 aromatic heterocycles. The van der Waals surface area contributed by atoms with E-state index in [0.29, 0.717) is 16.7 Å². The van der Waals surface area contributed by atoms with E-state index in [0.717, 1.165) is 12.5 Å². The second kappa shape index (κ2) is 13.2. The molecule has 0 saturated carbocycles. The van der Waals surface area contributed by atoms with Crippen LogP contribution in [0.25, 0.3) is 11.1 Å². The summed E-state index contributed by atoms with van der Waals surface area (Å²) in [6.07, 6.45) is 0.172. The van der Waals surface area contributed by atoms with Crippen LogP contribution in [0.5, 0.6) is 0 Å². The van der Waals surface area contributed by atoms with Gasteiger partial charge in [0, 0.05) is 24.8 Å². The Morgan fingerprint density at radius 1 is 0.921 bits per heavy atom. The van der Waals surface area contributed by atoms with Gasteiger partial charge in [-0.1, -0.05) is 60.7 Å². The molecule has 0 unspecified atom stereocenters. The number of sulfonamides is 1. The van der Waals surface area contributed by atoms with Crippen molar-refractivity contribution in [2.45, 2.75) is 24.8 Å². The fraction of sp³-hybridized carbons (Fsp3) is 0.222. The third-order valence-corrected chi connectivity index (χ3v) is 7.58. The van der Waals surface area contributed by atoms with Crippen LogP contribution < -0.4 is 15.4 Å². The summed E-state index contributed by atoms with van der Waals surface area (Å²) in [5.41, 5.74) is 2.20. The summed E-state index contributed by atoms with van der Waals surface area (Å²) in [4.78, 5) is 36.0. The van der Waals surface area contributed by atoms with Crippen LogP contribution in [-0.2, 0) is 37.4 Å². The van der Waals surface area contributed by atoms with E-state index in [1.165, 1.54) is 12.1 Å². The van der Waals surface area contributed by atoms with E-state index in [-0.39, 0.29) is 30.2 Å². The van der Waals surface area contributed by atoms with Crippen molar-refractivity contribution in [2.75, 3.05) is 12.3 Å². The third kappa shape index (κ3) is 7.90. The molecule has 0 saturated heterocycles. The summed E-state index contributed by atoms with van der Waals surface area (Å²) < 4.78 is 40.9. The summed E-state index contributed by atoms with van der Waals surface area (Å²) >= 11 is 4.19. The molecule has 8 nitrogen and oxygen atoms in total. The third-order valence-electron chi connectivity index (χ3n) is 5.65. The van der Waals surface area contributed by atoms with Gasteiger partial charge >= 0.3 is 0 Å². The van der Waals surface area contributed by atoms with Gasteiger partial charge in [0.25, 0.3) is 10.0 Å². The number of hydrogen-bond acceptors (Lipinski definition) is 6. The molecule has 3 rings (SSSR count). The number of thiol groups is 1. The molecule has 0 aliphatic heterocycles. The second-order valence-electron chi connectivity index (χ2n) is 8.52. The zero-order valence-corrected chi connectivity index (χ0v) is 22.3. The lowest BCUT2D eigenvalue weighted by molar-refractivity contribution is -0.128. The summed E-state index contributed by atoms with van der Waals surface area (Å²) in [6, 6.07) is 19.4. The van der Waals surface area contributed by atoms with Crippen molar-refractivity contribution in [1.82, 2.24) is 15.4 Å². The van der Waals surface area contributed by atoms with Gasteiger partial charge in [0.1, 0.15) is 5.82 Å². The van der Waals surface area contributed by atoms with Crippen molar-refractivity contribution in [2.24, 2.45) is 5.92 Å². The quantitative estimate of drug-likeness (QED) is 0.270. The molecule has 0 aliphatic rings. The molecule has 0 spiro atoms. The maximum Gasteiger partial charge on any atom is 0.264 e. The van der Waals surface area contributed by atoms with Crippen LogP contribution in [0.3, 0.4) is 0 Å². The summed E-state index contributed by atoms with van der Waals surface area (Å²) in [5, 5.41) is 5.28. The lowest BCUT2D eigenvalue weighted by atomic mass is 10.00. The number of carbonyl (C=O) groups excluding carboxylic acids is 3. The number of carbonyl (C=O) groups is 3.